The molecule has 166 valence electrons. The molecule has 2 heterocycles. The van der Waals surface area contributed by atoms with Gasteiger partial charge in [-0.15, -0.1) is 0 Å². The molecular formula is C11H19N2O13P3. The lowest BCUT2D eigenvalue weighted by Gasteiger charge is -2.26. The van der Waals surface area contributed by atoms with Crippen LogP contribution < -0.4 is 11.2 Å². The SMILES string of the molecule is C[C@H]1CC(C)(COP(=O)(O)OP(=O)(O)OP(=O)(O)O)O[C@H]1n1ccc(=O)[nH]c1=O. The highest BCUT2D eigenvalue weighted by atomic mass is 31.3. The van der Waals surface area contributed by atoms with Gasteiger partial charge in [-0.1, -0.05) is 6.92 Å². The standard InChI is InChI=1S/C11H19N2O13P3/c1-7-5-11(2,24-9(7)13-4-3-8(14)12-10(13)15)6-23-28(19,20)26-29(21,22)25-27(16,17)18/h3-4,7,9H,5-6H2,1-2H3,(H,19,20)(H,21,22)(H,12,14,15)(H2,16,17,18)/t7-,9+,11?/m0/s1. The Labute approximate surface area is 162 Å². The summed E-state index contributed by atoms with van der Waals surface area (Å²) in [5.74, 6) is -0.312. The number of aromatic nitrogens is 2. The van der Waals surface area contributed by atoms with Crippen molar-refractivity contribution in [2.24, 2.45) is 5.92 Å². The molecule has 1 aliphatic rings. The Morgan fingerprint density at radius 3 is 2.38 bits per heavy atom. The van der Waals surface area contributed by atoms with E-state index in [2.05, 4.69) is 18.1 Å². The minimum atomic E-state index is -5.62. The van der Waals surface area contributed by atoms with E-state index in [1.54, 1.807) is 6.92 Å². The Kier molecular flexibility index (Phi) is 6.95. The topological polar surface area (TPSA) is 224 Å². The number of nitrogens with one attached hydrogen (secondary N) is 1. The number of hydrogen-bond acceptors (Lipinski definition) is 9. The molecule has 1 saturated heterocycles. The highest BCUT2D eigenvalue weighted by Gasteiger charge is 2.46. The van der Waals surface area contributed by atoms with Gasteiger partial charge in [-0.05, 0) is 13.3 Å². The molecule has 3 unspecified atom stereocenters. The molecule has 0 saturated carbocycles. The minimum Gasteiger partial charge on any atom is -0.349 e. The molecule has 0 radical (unpaired) electrons. The molecule has 29 heavy (non-hydrogen) atoms. The largest absolute Gasteiger partial charge is 0.490 e. The normalized spacial score (nSPS) is 29.3. The third-order valence-corrected chi connectivity index (χ3v) is 7.50. The summed E-state index contributed by atoms with van der Waals surface area (Å²) in [6.45, 7) is 2.51. The molecule has 15 nitrogen and oxygen atoms in total. The number of nitrogens with zero attached hydrogens (tertiary/aromatic N) is 1. The number of H-pyrrole nitrogens is 1. The quantitative estimate of drug-likeness (QED) is 0.314. The lowest BCUT2D eigenvalue weighted by Crippen LogP contribution is -2.35. The zero-order valence-corrected chi connectivity index (χ0v) is 17.7. The first-order valence-electron chi connectivity index (χ1n) is 7.79. The van der Waals surface area contributed by atoms with E-state index in [1.807, 2.05) is 0 Å². The highest BCUT2D eigenvalue weighted by molar-refractivity contribution is 7.66. The van der Waals surface area contributed by atoms with Crippen molar-refractivity contribution in [2.75, 3.05) is 6.61 Å². The molecule has 5 N–H and O–H groups in total. The predicted molar refractivity (Wildman–Crippen MR) is 93.4 cm³/mol. The monoisotopic (exact) mass is 480 g/mol. The molecule has 1 fully saturated rings. The van der Waals surface area contributed by atoms with Crippen molar-refractivity contribution in [3.05, 3.63) is 33.1 Å². The third kappa shape index (κ3) is 7.06. The van der Waals surface area contributed by atoms with E-state index in [4.69, 9.17) is 19.4 Å². The van der Waals surface area contributed by atoms with Gasteiger partial charge in [0.2, 0.25) is 0 Å². The molecular weight excluding hydrogens is 461 g/mol. The number of rotatable bonds is 8. The number of aromatic amines is 1. The first kappa shape index (κ1) is 24.3. The first-order valence-corrected chi connectivity index (χ1v) is 12.3. The van der Waals surface area contributed by atoms with E-state index < -0.39 is 53.2 Å². The molecule has 1 aromatic heterocycles. The summed E-state index contributed by atoms with van der Waals surface area (Å²) in [5, 5.41) is 0. The Bertz CT molecular complexity index is 1010. The molecule has 2 rings (SSSR count). The highest BCUT2D eigenvalue weighted by Crippen LogP contribution is 2.66. The second-order valence-electron chi connectivity index (χ2n) is 6.52. The Balaban J connectivity index is 2.07. The van der Waals surface area contributed by atoms with Crippen LogP contribution in [-0.4, -0.2) is 41.3 Å². The predicted octanol–water partition coefficient (Wildman–Crippen LogP) is 0.194. The molecule has 1 aliphatic heterocycles. The molecule has 0 amide bonds. The average molecular weight is 480 g/mol. The summed E-state index contributed by atoms with van der Waals surface area (Å²) in [4.78, 5) is 60.8. The van der Waals surface area contributed by atoms with E-state index >= 15 is 0 Å². The van der Waals surface area contributed by atoms with Gasteiger partial charge in [0.05, 0.1) is 12.2 Å². The van der Waals surface area contributed by atoms with Gasteiger partial charge in [-0.3, -0.25) is 18.9 Å². The number of ether oxygens (including phenoxy) is 1. The van der Waals surface area contributed by atoms with Crippen LogP contribution in [0.15, 0.2) is 21.9 Å². The molecule has 18 heteroatoms. The van der Waals surface area contributed by atoms with Crippen molar-refractivity contribution in [2.45, 2.75) is 32.1 Å². The van der Waals surface area contributed by atoms with Crippen LogP contribution in [-0.2, 0) is 31.6 Å². The van der Waals surface area contributed by atoms with E-state index in [0.29, 0.717) is 0 Å². The summed E-state index contributed by atoms with van der Waals surface area (Å²) in [7, 11) is -16.4. The van der Waals surface area contributed by atoms with Crippen molar-refractivity contribution in [3.63, 3.8) is 0 Å². The van der Waals surface area contributed by atoms with Crippen LogP contribution >= 0.6 is 23.5 Å². The Morgan fingerprint density at radius 1 is 1.21 bits per heavy atom. The van der Waals surface area contributed by atoms with Crippen LogP contribution in [0.5, 0.6) is 0 Å². The lowest BCUT2D eigenvalue weighted by atomic mass is 9.97. The molecule has 5 atom stereocenters. The molecule has 0 aromatic carbocycles. The maximum atomic E-state index is 11.9. The van der Waals surface area contributed by atoms with E-state index in [0.717, 1.165) is 10.6 Å². The van der Waals surface area contributed by atoms with Crippen LogP contribution in [0.25, 0.3) is 0 Å². The van der Waals surface area contributed by atoms with E-state index in [9.17, 15) is 28.2 Å². The fourth-order valence-electron chi connectivity index (χ4n) is 2.81. The summed E-state index contributed by atoms with van der Waals surface area (Å²) < 4.78 is 52.5. The van der Waals surface area contributed by atoms with Crippen LogP contribution in [0.2, 0.25) is 0 Å². The fraction of sp³-hybridized carbons (Fsp3) is 0.636. The molecule has 0 spiro atoms. The molecule has 0 aliphatic carbocycles. The van der Waals surface area contributed by atoms with Gasteiger partial charge in [0.15, 0.2) is 0 Å². The van der Waals surface area contributed by atoms with Gasteiger partial charge < -0.3 is 24.3 Å². The van der Waals surface area contributed by atoms with Crippen molar-refractivity contribution in [3.8, 4) is 0 Å². The number of phosphoric acid groups is 3. The second kappa shape index (κ2) is 8.29. The third-order valence-electron chi connectivity index (χ3n) is 3.72. The molecule has 0 bridgehead atoms. The van der Waals surface area contributed by atoms with Crippen LogP contribution in [0.4, 0.5) is 0 Å². The van der Waals surface area contributed by atoms with Gasteiger partial charge in [0.1, 0.15) is 6.23 Å². The summed E-state index contributed by atoms with van der Waals surface area (Å²) >= 11 is 0. The smallest absolute Gasteiger partial charge is 0.349 e. The van der Waals surface area contributed by atoms with Gasteiger partial charge >= 0.3 is 29.2 Å². The van der Waals surface area contributed by atoms with E-state index in [1.165, 1.54) is 13.1 Å². The van der Waals surface area contributed by atoms with Gasteiger partial charge in [-0.25, -0.2) is 18.5 Å². The van der Waals surface area contributed by atoms with Crippen molar-refractivity contribution in [1.82, 2.24) is 9.55 Å². The van der Waals surface area contributed by atoms with Crippen molar-refractivity contribution >= 4 is 23.5 Å². The zero-order valence-electron chi connectivity index (χ0n) is 15.0. The maximum Gasteiger partial charge on any atom is 0.490 e. The minimum absolute atomic E-state index is 0.207. The van der Waals surface area contributed by atoms with E-state index in [-0.39, 0.29) is 12.3 Å². The maximum absolute atomic E-state index is 11.9. The molecule has 1 aromatic rings. The summed E-state index contributed by atoms with van der Waals surface area (Å²) in [6, 6.07) is 1.11. The Hall–Kier alpha value is -0.950. The number of hydrogen-bond donors (Lipinski definition) is 5. The second-order valence-corrected chi connectivity index (χ2v) is 10.9. The summed E-state index contributed by atoms with van der Waals surface area (Å²) in [6.07, 6.45) is 0.573. The van der Waals surface area contributed by atoms with Gasteiger partial charge in [0, 0.05) is 18.2 Å². The zero-order chi connectivity index (χ0) is 22.3. The average Bonchev–Trinajstić information content (AvgIpc) is 2.77. The van der Waals surface area contributed by atoms with Crippen molar-refractivity contribution < 1.29 is 51.2 Å². The first-order chi connectivity index (χ1) is 13.0. The van der Waals surface area contributed by atoms with Crippen LogP contribution in [0, 0.1) is 5.92 Å². The number of phosphoric ester groups is 1. The Morgan fingerprint density at radius 2 is 1.83 bits per heavy atom. The van der Waals surface area contributed by atoms with Gasteiger partial charge in [0.25, 0.3) is 5.56 Å². The van der Waals surface area contributed by atoms with Crippen LogP contribution in [0.1, 0.15) is 26.5 Å². The van der Waals surface area contributed by atoms with Crippen molar-refractivity contribution in [1.29, 1.82) is 0 Å². The van der Waals surface area contributed by atoms with Crippen LogP contribution in [0.3, 0.4) is 0 Å². The fourth-order valence-corrected chi connectivity index (χ4v) is 5.94. The summed E-state index contributed by atoms with van der Waals surface area (Å²) in [5.41, 5.74) is -2.59. The van der Waals surface area contributed by atoms with Gasteiger partial charge in [-0.2, -0.15) is 8.62 Å². The lowest BCUT2D eigenvalue weighted by molar-refractivity contribution is -0.0913.